The molecule has 0 aliphatic carbocycles. The highest BCUT2D eigenvalue weighted by Crippen LogP contribution is 2.41. The number of amides is 3. The van der Waals surface area contributed by atoms with E-state index in [1.807, 2.05) is 69.3 Å². The molecule has 1 aliphatic rings. The Morgan fingerprint density at radius 3 is 2.27 bits per heavy atom. The van der Waals surface area contributed by atoms with E-state index in [-0.39, 0.29) is 55.2 Å². The molecule has 0 fully saturated rings. The van der Waals surface area contributed by atoms with E-state index >= 15 is 0 Å². The van der Waals surface area contributed by atoms with E-state index in [1.54, 1.807) is 16.7 Å². The average molecular weight is 776 g/mol. The Labute approximate surface area is 331 Å². The van der Waals surface area contributed by atoms with Gasteiger partial charge in [0, 0.05) is 61.7 Å². The van der Waals surface area contributed by atoms with Gasteiger partial charge in [-0.15, -0.1) is 5.10 Å². The zero-order chi connectivity index (χ0) is 40.7. The van der Waals surface area contributed by atoms with E-state index < -0.39 is 11.5 Å². The number of rotatable bonds is 20. The van der Waals surface area contributed by atoms with Crippen LogP contribution in [0, 0.1) is 5.41 Å². The van der Waals surface area contributed by atoms with Gasteiger partial charge in [-0.3, -0.25) is 14.4 Å². The molecule has 0 spiro atoms. The first kappa shape index (κ1) is 44.1. The lowest BCUT2D eigenvalue weighted by molar-refractivity contribution is -0.129. The molecule has 3 aromatic rings. The lowest BCUT2D eigenvalue weighted by atomic mass is 9.84. The number of nitrogens with one attached hydrogen (secondary N) is 3. The number of benzene rings is 2. The van der Waals surface area contributed by atoms with Crippen LogP contribution in [0.2, 0.25) is 0 Å². The fourth-order valence-corrected chi connectivity index (χ4v) is 6.54. The van der Waals surface area contributed by atoms with Crippen molar-refractivity contribution in [2.45, 2.75) is 105 Å². The molecule has 14 nitrogen and oxygen atoms in total. The Morgan fingerprint density at radius 2 is 1.54 bits per heavy atom. The van der Waals surface area contributed by atoms with Gasteiger partial charge in [0.1, 0.15) is 12.3 Å². The smallest absolute Gasteiger partial charge is 0.407 e. The third kappa shape index (κ3) is 13.2. The summed E-state index contributed by atoms with van der Waals surface area (Å²) in [6.45, 7) is 15.0. The maximum absolute atomic E-state index is 13.9. The highest BCUT2D eigenvalue weighted by molar-refractivity contribution is 6.01. The molecule has 56 heavy (non-hydrogen) atoms. The van der Waals surface area contributed by atoms with Crippen molar-refractivity contribution in [1.29, 1.82) is 0 Å². The molecular weight excluding hydrogens is 715 g/mol. The SMILES string of the molecule is COCCOCCCNC(=O)CCC(=O)N1Cc2ccccc2-c2nnn(CCOC(=O)NCCCCC(NC(C)(C)C)C(=O)C(C)(C)C)c2-c2ccccc21. The standard InChI is InChI=1S/C42H61N7O7/c1-41(2,3)39(52)33(45-42(4,5)6)18-12-13-22-44-40(53)56-26-24-49-38-32-17-10-11-19-34(32)48(29-30-15-8-9-16-31(30)37(38)46-47-49)36(51)21-20-35(50)43-23-14-25-55-28-27-54-7/h8-11,15-17,19,33,45H,12-14,18,20-29H2,1-7H3,(H,43,50)(H,44,53). The number of Topliss-reactive ketones (excluding diaryl/α,β-unsaturated/α-hetero) is 1. The van der Waals surface area contributed by atoms with Gasteiger partial charge in [0.15, 0.2) is 5.78 Å². The molecule has 0 radical (unpaired) electrons. The van der Waals surface area contributed by atoms with Crippen LogP contribution in [-0.4, -0.2) is 96.9 Å². The molecule has 0 bridgehead atoms. The van der Waals surface area contributed by atoms with Crippen LogP contribution in [-0.2, 0) is 41.7 Å². The maximum Gasteiger partial charge on any atom is 0.407 e. The van der Waals surface area contributed by atoms with Gasteiger partial charge in [0.05, 0.1) is 43.7 Å². The number of ketones is 1. The number of methoxy groups -OCH3 is 1. The summed E-state index contributed by atoms with van der Waals surface area (Å²) in [6, 6.07) is 15.1. The number of fused-ring (bicyclic) bond motifs is 5. The Kier molecular flexibility index (Phi) is 16.5. The Bertz CT molecular complexity index is 1760. The summed E-state index contributed by atoms with van der Waals surface area (Å²) in [4.78, 5) is 54.0. The van der Waals surface area contributed by atoms with Crippen molar-refractivity contribution in [2.24, 2.45) is 5.41 Å². The van der Waals surface area contributed by atoms with Crippen LogP contribution >= 0.6 is 0 Å². The number of unbranched alkanes of at least 4 members (excludes halogenated alkanes) is 1. The van der Waals surface area contributed by atoms with Crippen LogP contribution in [0.15, 0.2) is 48.5 Å². The molecule has 2 heterocycles. The quantitative estimate of drug-likeness (QED) is 0.122. The average Bonchev–Trinajstić information content (AvgIpc) is 3.56. The number of hydrogen-bond acceptors (Lipinski definition) is 10. The third-order valence-corrected chi connectivity index (χ3v) is 9.26. The number of para-hydroxylation sites is 1. The second-order valence-electron chi connectivity index (χ2n) is 16.1. The van der Waals surface area contributed by atoms with E-state index in [1.165, 1.54) is 0 Å². The topological polar surface area (TPSA) is 166 Å². The first-order valence-electron chi connectivity index (χ1n) is 19.7. The molecular formula is C42H61N7O7. The van der Waals surface area contributed by atoms with Crippen molar-refractivity contribution < 1.29 is 33.4 Å². The van der Waals surface area contributed by atoms with Crippen LogP contribution in [0.25, 0.3) is 22.5 Å². The second-order valence-corrected chi connectivity index (χ2v) is 16.1. The van der Waals surface area contributed by atoms with Crippen molar-refractivity contribution in [1.82, 2.24) is 30.9 Å². The first-order chi connectivity index (χ1) is 26.7. The molecule has 306 valence electrons. The number of aromatic nitrogens is 3. The highest BCUT2D eigenvalue weighted by Gasteiger charge is 2.32. The van der Waals surface area contributed by atoms with Crippen LogP contribution in [0.5, 0.6) is 0 Å². The maximum atomic E-state index is 13.9. The summed E-state index contributed by atoms with van der Waals surface area (Å²) >= 11 is 0. The van der Waals surface area contributed by atoms with E-state index in [2.05, 4.69) is 47.0 Å². The van der Waals surface area contributed by atoms with Gasteiger partial charge in [0.25, 0.3) is 0 Å². The van der Waals surface area contributed by atoms with E-state index in [9.17, 15) is 19.2 Å². The van der Waals surface area contributed by atoms with Gasteiger partial charge in [-0.05, 0) is 58.1 Å². The van der Waals surface area contributed by atoms with Gasteiger partial charge in [-0.25, -0.2) is 9.48 Å². The summed E-state index contributed by atoms with van der Waals surface area (Å²) in [5.74, 6) is -0.201. The van der Waals surface area contributed by atoms with E-state index in [4.69, 9.17) is 14.2 Å². The molecule has 0 saturated heterocycles. The summed E-state index contributed by atoms with van der Waals surface area (Å²) in [5.41, 5.74) is 3.88. The van der Waals surface area contributed by atoms with Crippen LogP contribution in [0.3, 0.4) is 0 Å². The lowest BCUT2D eigenvalue weighted by Crippen LogP contribution is -2.50. The molecule has 1 aromatic heterocycles. The molecule has 0 saturated carbocycles. The predicted molar refractivity (Wildman–Crippen MR) is 216 cm³/mol. The van der Waals surface area contributed by atoms with Crippen LogP contribution in [0.4, 0.5) is 10.5 Å². The minimum absolute atomic E-state index is 0.0312. The van der Waals surface area contributed by atoms with Gasteiger partial charge >= 0.3 is 6.09 Å². The van der Waals surface area contributed by atoms with Crippen LogP contribution in [0.1, 0.15) is 85.6 Å². The molecule has 1 atom stereocenters. The number of anilines is 1. The number of carbonyl (C=O) groups is 4. The van der Waals surface area contributed by atoms with E-state index in [0.29, 0.717) is 75.8 Å². The molecule has 3 N–H and O–H groups in total. The number of alkyl carbamates (subject to hydrolysis) is 1. The molecule has 2 aromatic carbocycles. The monoisotopic (exact) mass is 775 g/mol. The Morgan fingerprint density at radius 1 is 0.821 bits per heavy atom. The zero-order valence-electron chi connectivity index (χ0n) is 34.2. The molecule has 3 amide bonds. The number of carbonyl (C=O) groups excluding carboxylic acids is 4. The lowest BCUT2D eigenvalue weighted by Gasteiger charge is -2.31. The number of nitrogens with zero attached hydrogens (tertiary/aromatic N) is 4. The highest BCUT2D eigenvalue weighted by atomic mass is 16.5. The largest absolute Gasteiger partial charge is 0.448 e. The van der Waals surface area contributed by atoms with Crippen molar-refractivity contribution in [3.8, 4) is 22.5 Å². The second kappa shape index (κ2) is 21.0. The van der Waals surface area contributed by atoms with E-state index in [0.717, 1.165) is 23.1 Å². The fraction of sp³-hybridized carbons (Fsp3) is 0.571. The molecule has 14 heteroatoms. The van der Waals surface area contributed by atoms with Crippen molar-refractivity contribution in [3.05, 3.63) is 54.1 Å². The summed E-state index contributed by atoms with van der Waals surface area (Å²) in [6.07, 6.45) is 2.36. The van der Waals surface area contributed by atoms with Gasteiger partial charge in [-0.2, -0.15) is 0 Å². The third-order valence-electron chi connectivity index (χ3n) is 9.26. The summed E-state index contributed by atoms with van der Waals surface area (Å²) in [5, 5.41) is 18.2. The Balaban J connectivity index is 1.37. The van der Waals surface area contributed by atoms with Crippen molar-refractivity contribution >= 4 is 29.4 Å². The first-order valence-corrected chi connectivity index (χ1v) is 19.7. The molecule has 4 rings (SSSR count). The fourth-order valence-electron chi connectivity index (χ4n) is 6.54. The predicted octanol–water partition coefficient (Wildman–Crippen LogP) is 5.68. The minimum Gasteiger partial charge on any atom is -0.448 e. The van der Waals surface area contributed by atoms with Gasteiger partial charge < -0.3 is 35.1 Å². The van der Waals surface area contributed by atoms with Crippen LogP contribution < -0.4 is 20.9 Å². The number of ether oxygens (including phenoxy) is 3. The normalized spacial score (nSPS) is 13.1. The Hall–Kier alpha value is -4.66. The van der Waals surface area contributed by atoms with Crippen molar-refractivity contribution in [2.75, 3.05) is 51.5 Å². The number of hydrogen-bond donors (Lipinski definition) is 3. The van der Waals surface area contributed by atoms with Gasteiger partial charge in [0.2, 0.25) is 11.8 Å². The molecule has 1 aliphatic heterocycles. The minimum atomic E-state index is -0.537. The summed E-state index contributed by atoms with van der Waals surface area (Å²) in [7, 11) is 1.62. The van der Waals surface area contributed by atoms with Crippen molar-refractivity contribution in [3.63, 3.8) is 0 Å². The van der Waals surface area contributed by atoms with Gasteiger partial charge in [-0.1, -0.05) is 68.4 Å². The summed E-state index contributed by atoms with van der Waals surface area (Å²) < 4.78 is 17.7. The molecule has 1 unspecified atom stereocenters. The zero-order valence-corrected chi connectivity index (χ0v) is 34.2.